The van der Waals surface area contributed by atoms with Gasteiger partial charge in [0.1, 0.15) is 11.6 Å². The third-order valence-electron chi connectivity index (χ3n) is 3.30. The molecule has 1 aliphatic rings. The first-order valence-corrected chi connectivity index (χ1v) is 6.17. The van der Waals surface area contributed by atoms with Crippen LogP contribution in [0, 0.1) is 17.6 Å². The summed E-state index contributed by atoms with van der Waals surface area (Å²) in [5.41, 5.74) is 0.380. The minimum Gasteiger partial charge on any atom is -0.309 e. The van der Waals surface area contributed by atoms with E-state index in [-0.39, 0.29) is 17.7 Å². The number of carbonyl (C=O) groups excluding carboxylic acids is 1. The Kier molecular flexibility index (Phi) is 3.14. The molecule has 1 heterocycles. The van der Waals surface area contributed by atoms with Crippen molar-refractivity contribution in [2.45, 2.75) is 12.3 Å². The number of benzene rings is 1. The molecule has 1 amide bonds. The van der Waals surface area contributed by atoms with E-state index in [0.29, 0.717) is 17.8 Å². The molecular formula is C14H11F2N3O. The van der Waals surface area contributed by atoms with E-state index in [1.807, 2.05) is 0 Å². The Bertz CT molecular complexity index is 648. The van der Waals surface area contributed by atoms with Gasteiger partial charge in [0.05, 0.1) is 6.20 Å². The van der Waals surface area contributed by atoms with E-state index < -0.39 is 11.6 Å². The molecule has 20 heavy (non-hydrogen) atoms. The summed E-state index contributed by atoms with van der Waals surface area (Å²) in [4.78, 5) is 19.7. The number of nitrogens with zero attached hydrogens (tertiary/aromatic N) is 2. The summed E-state index contributed by atoms with van der Waals surface area (Å²) >= 11 is 0. The van der Waals surface area contributed by atoms with Crippen LogP contribution in [-0.2, 0) is 4.79 Å². The number of nitrogens with one attached hydrogen (secondary N) is 1. The fourth-order valence-corrected chi connectivity index (χ4v) is 2.21. The smallest absolute Gasteiger partial charge is 0.229 e. The molecule has 1 aromatic heterocycles. The van der Waals surface area contributed by atoms with Crippen LogP contribution in [-0.4, -0.2) is 15.9 Å². The number of halogens is 2. The Hall–Kier alpha value is -2.37. The molecule has 1 saturated carbocycles. The van der Waals surface area contributed by atoms with Crippen molar-refractivity contribution < 1.29 is 13.6 Å². The zero-order valence-electron chi connectivity index (χ0n) is 10.4. The van der Waals surface area contributed by atoms with Crippen LogP contribution in [0.4, 0.5) is 14.6 Å². The van der Waals surface area contributed by atoms with Crippen LogP contribution in [0.5, 0.6) is 0 Å². The second kappa shape index (κ2) is 4.96. The lowest BCUT2D eigenvalue weighted by Gasteiger charge is -2.04. The van der Waals surface area contributed by atoms with E-state index in [4.69, 9.17) is 0 Å². The van der Waals surface area contributed by atoms with E-state index in [0.717, 1.165) is 6.07 Å². The number of carbonyl (C=O) groups is 1. The topological polar surface area (TPSA) is 54.9 Å². The second-order valence-electron chi connectivity index (χ2n) is 4.69. The third kappa shape index (κ3) is 2.49. The van der Waals surface area contributed by atoms with Gasteiger partial charge in [0, 0.05) is 24.4 Å². The quantitative estimate of drug-likeness (QED) is 0.936. The lowest BCUT2D eigenvalue weighted by atomic mass is 10.1. The van der Waals surface area contributed by atoms with Crippen LogP contribution < -0.4 is 5.32 Å². The Morgan fingerprint density at radius 3 is 2.85 bits per heavy atom. The Labute approximate surface area is 113 Å². The Balaban J connectivity index is 1.68. The number of hydrogen-bond acceptors (Lipinski definition) is 3. The maximum atomic E-state index is 13.6. The summed E-state index contributed by atoms with van der Waals surface area (Å²) in [6.07, 6.45) is 4.96. The minimum absolute atomic E-state index is 0.202. The van der Waals surface area contributed by atoms with Gasteiger partial charge in [-0.1, -0.05) is 6.07 Å². The molecular weight excluding hydrogens is 264 g/mol. The van der Waals surface area contributed by atoms with Gasteiger partial charge in [-0.2, -0.15) is 0 Å². The van der Waals surface area contributed by atoms with E-state index in [1.54, 1.807) is 0 Å². The molecule has 1 N–H and O–H groups in total. The lowest BCUT2D eigenvalue weighted by molar-refractivity contribution is -0.117. The Morgan fingerprint density at radius 2 is 2.15 bits per heavy atom. The number of aromatic nitrogens is 2. The van der Waals surface area contributed by atoms with Crippen LogP contribution in [0.3, 0.4) is 0 Å². The summed E-state index contributed by atoms with van der Waals surface area (Å²) in [6, 6.07) is 3.44. The number of anilines is 1. The lowest BCUT2D eigenvalue weighted by Crippen LogP contribution is -2.15. The first kappa shape index (κ1) is 12.7. The fraction of sp³-hybridized carbons (Fsp3) is 0.214. The normalized spacial score (nSPS) is 20.5. The van der Waals surface area contributed by atoms with Gasteiger partial charge in [-0.05, 0) is 24.0 Å². The fourth-order valence-electron chi connectivity index (χ4n) is 2.21. The van der Waals surface area contributed by atoms with Crippen LogP contribution in [0.25, 0.3) is 0 Å². The summed E-state index contributed by atoms with van der Waals surface area (Å²) in [7, 11) is 0. The summed E-state index contributed by atoms with van der Waals surface area (Å²) < 4.78 is 26.5. The van der Waals surface area contributed by atoms with Gasteiger partial charge in [0.15, 0.2) is 5.82 Å². The SMILES string of the molecule is O=C(Nc1cnccn1)[C@@H]1C[C@H]1c1ccc(F)cc1F. The molecule has 2 aromatic rings. The molecule has 0 spiro atoms. The maximum Gasteiger partial charge on any atom is 0.229 e. The van der Waals surface area contributed by atoms with Gasteiger partial charge in [0.2, 0.25) is 5.91 Å². The molecule has 3 rings (SSSR count). The standard InChI is InChI=1S/C14H11F2N3O/c15-8-1-2-9(12(16)5-8)10-6-11(10)14(20)19-13-7-17-3-4-18-13/h1-5,7,10-11H,6H2,(H,18,19,20)/t10-,11+/m0/s1. The molecule has 102 valence electrons. The van der Waals surface area contributed by atoms with E-state index in [9.17, 15) is 13.6 Å². The average molecular weight is 275 g/mol. The molecule has 1 aliphatic carbocycles. The van der Waals surface area contributed by atoms with Crippen molar-refractivity contribution in [2.75, 3.05) is 5.32 Å². The van der Waals surface area contributed by atoms with E-state index in [1.165, 1.54) is 30.7 Å². The first-order chi connectivity index (χ1) is 9.65. The number of hydrogen-bond donors (Lipinski definition) is 1. The molecule has 0 saturated heterocycles. The highest BCUT2D eigenvalue weighted by Crippen LogP contribution is 2.48. The predicted octanol–water partition coefficient (Wildman–Crippen LogP) is 2.50. The van der Waals surface area contributed by atoms with Crippen molar-refractivity contribution in [1.82, 2.24) is 9.97 Å². The number of amides is 1. The van der Waals surface area contributed by atoms with E-state index in [2.05, 4.69) is 15.3 Å². The molecule has 0 aliphatic heterocycles. The molecule has 0 unspecified atom stereocenters. The largest absolute Gasteiger partial charge is 0.309 e. The van der Waals surface area contributed by atoms with Crippen molar-refractivity contribution in [3.05, 3.63) is 54.0 Å². The minimum atomic E-state index is -0.618. The molecule has 6 heteroatoms. The third-order valence-corrected chi connectivity index (χ3v) is 3.30. The molecule has 0 radical (unpaired) electrons. The number of rotatable bonds is 3. The highest BCUT2D eigenvalue weighted by atomic mass is 19.1. The molecule has 1 aromatic carbocycles. The van der Waals surface area contributed by atoms with Crippen LogP contribution in [0.1, 0.15) is 17.9 Å². The van der Waals surface area contributed by atoms with Crippen molar-refractivity contribution in [3.63, 3.8) is 0 Å². The van der Waals surface area contributed by atoms with Crippen LogP contribution in [0.15, 0.2) is 36.8 Å². The highest BCUT2D eigenvalue weighted by molar-refractivity contribution is 5.94. The van der Waals surface area contributed by atoms with Crippen molar-refractivity contribution in [3.8, 4) is 0 Å². The van der Waals surface area contributed by atoms with Crippen molar-refractivity contribution >= 4 is 11.7 Å². The summed E-state index contributed by atoms with van der Waals surface area (Å²) in [6.45, 7) is 0. The Morgan fingerprint density at radius 1 is 1.30 bits per heavy atom. The zero-order valence-corrected chi connectivity index (χ0v) is 10.4. The van der Waals surface area contributed by atoms with Gasteiger partial charge >= 0.3 is 0 Å². The van der Waals surface area contributed by atoms with Gasteiger partial charge in [0.25, 0.3) is 0 Å². The second-order valence-corrected chi connectivity index (χ2v) is 4.69. The van der Waals surface area contributed by atoms with Gasteiger partial charge in [-0.25, -0.2) is 13.8 Å². The zero-order chi connectivity index (χ0) is 14.1. The summed E-state index contributed by atoms with van der Waals surface area (Å²) in [5.74, 6) is -1.59. The van der Waals surface area contributed by atoms with Crippen LogP contribution in [0.2, 0.25) is 0 Å². The van der Waals surface area contributed by atoms with Gasteiger partial charge < -0.3 is 5.32 Å². The monoisotopic (exact) mass is 275 g/mol. The predicted molar refractivity (Wildman–Crippen MR) is 67.9 cm³/mol. The highest BCUT2D eigenvalue weighted by Gasteiger charge is 2.45. The van der Waals surface area contributed by atoms with Crippen LogP contribution >= 0.6 is 0 Å². The van der Waals surface area contributed by atoms with E-state index >= 15 is 0 Å². The molecule has 0 bridgehead atoms. The molecule has 4 nitrogen and oxygen atoms in total. The maximum absolute atomic E-state index is 13.6. The average Bonchev–Trinajstić information content (AvgIpc) is 3.20. The van der Waals surface area contributed by atoms with Gasteiger partial charge in [-0.15, -0.1) is 0 Å². The molecule has 1 fully saturated rings. The van der Waals surface area contributed by atoms with Gasteiger partial charge in [-0.3, -0.25) is 9.78 Å². The van der Waals surface area contributed by atoms with Crippen molar-refractivity contribution in [1.29, 1.82) is 0 Å². The molecule has 2 atom stereocenters. The summed E-state index contributed by atoms with van der Waals surface area (Å²) in [5, 5.41) is 2.63. The first-order valence-electron chi connectivity index (χ1n) is 6.17. The van der Waals surface area contributed by atoms with Crippen molar-refractivity contribution in [2.24, 2.45) is 5.92 Å².